The smallest absolute Gasteiger partial charge is 0.0342 e. The fraction of sp³-hybridized carbons (Fsp3) is 1.00. The van der Waals surface area contributed by atoms with Crippen LogP contribution in [0.4, 0.5) is 0 Å². The molecule has 2 N–H and O–H groups in total. The van der Waals surface area contributed by atoms with Gasteiger partial charge in [0.15, 0.2) is 0 Å². The molecule has 1 atom stereocenters. The van der Waals surface area contributed by atoms with Crippen LogP contribution in [0.1, 0.15) is 32.1 Å². The zero-order valence-corrected chi connectivity index (χ0v) is 10.7. The summed E-state index contributed by atoms with van der Waals surface area (Å²) < 4.78 is 0. The van der Waals surface area contributed by atoms with Crippen LogP contribution >= 0.6 is 0 Å². The Morgan fingerprint density at radius 3 is 2.88 bits per heavy atom. The Labute approximate surface area is 100.0 Å². The second kappa shape index (κ2) is 6.58. The van der Waals surface area contributed by atoms with E-state index in [0.717, 1.165) is 25.6 Å². The molecule has 0 aromatic rings. The second-order valence-corrected chi connectivity index (χ2v) is 5.48. The molecular weight excluding hydrogens is 198 g/mol. The molecule has 0 radical (unpaired) electrons. The van der Waals surface area contributed by atoms with Gasteiger partial charge < -0.3 is 10.6 Å². The van der Waals surface area contributed by atoms with E-state index in [1.54, 1.807) is 0 Å². The standard InChI is InChI=1S/C13H27N3/c1-16-9-8-15-11-13(16)10-14-7-6-12-4-2-3-5-12/h12-15H,2-11H2,1H3. The van der Waals surface area contributed by atoms with Gasteiger partial charge in [0.1, 0.15) is 0 Å². The highest BCUT2D eigenvalue weighted by atomic mass is 15.2. The van der Waals surface area contributed by atoms with Crippen molar-refractivity contribution in [3.63, 3.8) is 0 Å². The summed E-state index contributed by atoms with van der Waals surface area (Å²) in [5.74, 6) is 1.02. The molecule has 3 nitrogen and oxygen atoms in total. The van der Waals surface area contributed by atoms with Crippen LogP contribution in [-0.2, 0) is 0 Å². The van der Waals surface area contributed by atoms with Crippen molar-refractivity contribution in [1.29, 1.82) is 0 Å². The van der Waals surface area contributed by atoms with Gasteiger partial charge in [0.05, 0.1) is 0 Å². The second-order valence-electron chi connectivity index (χ2n) is 5.48. The Kier molecular flexibility index (Phi) is 5.07. The molecule has 0 spiro atoms. The molecule has 2 rings (SSSR count). The fourth-order valence-corrected chi connectivity index (χ4v) is 2.96. The van der Waals surface area contributed by atoms with Crippen molar-refractivity contribution in [1.82, 2.24) is 15.5 Å². The van der Waals surface area contributed by atoms with Crippen molar-refractivity contribution in [2.75, 3.05) is 39.8 Å². The van der Waals surface area contributed by atoms with Gasteiger partial charge in [-0.3, -0.25) is 4.90 Å². The van der Waals surface area contributed by atoms with Gasteiger partial charge in [0.25, 0.3) is 0 Å². The number of piperazine rings is 1. The quantitative estimate of drug-likeness (QED) is 0.685. The number of hydrogen-bond donors (Lipinski definition) is 2. The van der Waals surface area contributed by atoms with E-state index in [1.807, 2.05) is 0 Å². The Balaban J connectivity index is 1.53. The minimum absolute atomic E-state index is 0.692. The number of rotatable bonds is 5. The number of nitrogens with one attached hydrogen (secondary N) is 2. The van der Waals surface area contributed by atoms with Gasteiger partial charge in [-0.2, -0.15) is 0 Å². The van der Waals surface area contributed by atoms with Gasteiger partial charge >= 0.3 is 0 Å². The van der Waals surface area contributed by atoms with Crippen LogP contribution in [0.25, 0.3) is 0 Å². The Morgan fingerprint density at radius 1 is 1.31 bits per heavy atom. The van der Waals surface area contributed by atoms with Crippen LogP contribution in [0.5, 0.6) is 0 Å². The maximum atomic E-state index is 3.63. The Hall–Kier alpha value is -0.120. The van der Waals surface area contributed by atoms with Crippen LogP contribution in [0.15, 0.2) is 0 Å². The normalized spacial score (nSPS) is 28.7. The van der Waals surface area contributed by atoms with Gasteiger partial charge in [0.2, 0.25) is 0 Å². The highest BCUT2D eigenvalue weighted by molar-refractivity contribution is 4.79. The van der Waals surface area contributed by atoms with Gasteiger partial charge in [-0.1, -0.05) is 25.7 Å². The molecule has 3 heteroatoms. The lowest BCUT2D eigenvalue weighted by molar-refractivity contribution is 0.195. The third-order valence-corrected chi connectivity index (χ3v) is 4.23. The molecule has 1 unspecified atom stereocenters. The van der Waals surface area contributed by atoms with Crippen molar-refractivity contribution in [2.45, 2.75) is 38.1 Å². The number of likely N-dealkylation sites (N-methyl/N-ethyl adjacent to an activating group) is 1. The van der Waals surface area contributed by atoms with Crippen molar-refractivity contribution < 1.29 is 0 Å². The van der Waals surface area contributed by atoms with Crippen molar-refractivity contribution in [3.8, 4) is 0 Å². The summed E-state index contributed by atoms with van der Waals surface area (Å²) in [5, 5.41) is 7.10. The molecule has 94 valence electrons. The third-order valence-electron chi connectivity index (χ3n) is 4.23. The van der Waals surface area contributed by atoms with Crippen LogP contribution in [-0.4, -0.2) is 50.7 Å². The lowest BCUT2D eigenvalue weighted by Gasteiger charge is -2.33. The molecule has 1 saturated heterocycles. The largest absolute Gasteiger partial charge is 0.315 e. The van der Waals surface area contributed by atoms with E-state index in [9.17, 15) is 0 Å². The third kappa shape index (κ3) is 3.72. The minimum Gasteiger partial charge on any atom is -0.315 e. The van der Waals surface area contributed by atoms with Crippen LogP contribution in [0.3, 0.4) is 0 Å². The lowest BCUT2D eigenvalue weighted by Crippen LogP contribution is -2.53. The molecule has 0 aromatic carbocycles. The first kappa shape index (κ1) is 12.3. The summed E-state index contributed by atoms with van der Waals surface area (Å²) >= 11 is 0. The SMILES string of the molecule is CN1CCNCC1CNCCC1CCCC1. The molecule has 16 heavy (non-hydrogen) atoms. The van der Waals surface area contributed by atoms with Gasteiger partial charge in [-0.15, -0.1) is 0 Å². The summed E-state index contributed by atoms with van der Waals surface area (Å²) in [6.45, 7) is 5.85. The predicted molar refractivity (Wildman–Crippen MR) is 68.7 cm³/mol. The highest BCUT2D eigenvalue weighted by Gasteiger charge is 2.18. The molecule has 1 aliphatic carbocycles. The Bertz CT molecular complexity index is 190. The fourth-order valence-electron chi connectivity index (χ4n) is 2.96. The highest BCUT2D eigenvalue weighted by Crippen LogP contribution is 2.26. The zero-order valence-electron chi connectivity index (χ0n) is 10.7. The molecule has 0 amide bonds. The summed E-state index contributed by atoms with van der Waals surface area (Å²) in [6.07, 6.45) is 7.29. The first-order valence-corrected chi connectivity index (χ1v) is 6.98. The van der Waals surface area contributed by atoms with Gasteiger partial charge in [0, 0.05) is 32.2 Å². The zero-order chi connectivity index (χ0) is 11.2. The molecule has 0 aromatic heterocycles. The molecule has 1 saturated carbocycles. The predicted octanol–water partition coefficient (Wildman–Crippen LogP) is 1.06. The average molecular weight is 225 g/mol. The van der Waals surface area contributed by atoms with Crippen LogP contribution in [0.2, 0.25) is 0 Å². The van der Waals surface area contributed by atoms with E-state index in [-0.39, 0.29) is 0 Å². The molecule has 2 aliphatic rings. The monoisotopic (exact) mass is 225 g/mol. The van der Waals surface area contributed by atoms with E-state index in [1.165, 1.54) is 45.2 Å². The molecule has 0 bridgehead atoms. The van der Waals surface area contributed by atoms with Crippen LogP contribution in [0, 0.1) is 5.92 Å². The first-order valence-electron chi connectivity index (χ1n) is 6.98. The molecular formula is C13H27N3. The summed E-state index contributed by atoms with van der Waals surface area (Å²) in [5.41, 5.74) is 0. The summed E-state index contributed by atoms with van der Waals surface area (Å²) in [7, 11) is 2.24. The summed E-state index contributed by atoms with van der Waals surface area (Å²) in [6, 6.07) is 0.692. The van der Waals surface area contributed by atoms with Crippen LogP contribution < -0.4 is 10.6 Å². The number of hydrogen-bond acceptors (Lipinski definition) is 3. The van der Waals surface area contributed by atoms with Gasteiger partial charge in [-0.05, 0) is 25.9 Å². The molecule has 1 heterocycles. The van der Waals surface area contributed by atoms with E-state index in [0.29, 0.717) is 6.04 Å². The van der Waals surface area contributed by atoms with E-state index in [2.05, 4.69) is 22.6 Å². The van der Waals surface area contributed by atoms with Crippen molar-refractivity contribution in [3.05, 3.63) is 0 Å². The first-order chi connectivity index (χ1) is 7.86. The topological polar surface area (TPSA) is 27.3 Å². The molecule has 1 aliphatic heterocycles. The van der Waals surface area contributed by atoms with Crippen molar-refractivity contribution in [2.24, 2.45) is 5.92 Å². The van der Waals surface area contributed by atoms with E-state index < -0.39 is 0 Å². The van der Waals surface area contributed by atoms with E-state index >= 15 is 0 Å². The summed E-state index contributed by atoms with van der Waals surface area (Å²) in [4.78, 5) is 2.47. The van der Waals surface area contributed by atoms with Crippen molar-refractivity contribution >= 4 is 0 Å². The molecule has 2 fully saturated rings. The van der Waals surface area contributed by atoms with Gasteiger partial charge in [-0.25, -0.2) is 0 Å². The maximum absolute atomic E-state index is 3.63. The average Bonchev–Trinajstić information content (AvgIpc) is 2.79. The number of nitrogens with zero attached hydrogens (tertiary/aromatic N) is 1. The Morgan fingerprint density at radius 2 is 2.12 bits per heavy atom. The lowest BCUT2D eigenvalue weighted by atomic mass is 10.0. The minimum atomic E-state index is 0.692. The maximum Gasteiger partial charge on any atom is 0.0342 e. The van der Waals surface area contributed by atoms with E-state index in [4.69, 9.17) is 0 Å².